The maximum atomic E-state index is 3.25. The Hall–Kier alpha value is -2.49. The van der Waals surface area contributed by atoms with Gasteiger partial charge in [-0.2, -0.15) is 0 Å². The van der Waals surface area contributed by atoms with Crippen molar-refractivity contribution in [3.05, 3.63) is 105 Å². The summed E-state index contributed by atoms with van der Waals surface area (Å²) in [4.78, 5) is 0. The highest BCUT2D eigenvalue weighted by Crippen LogP contribution is 2.11. The zero-order valence-corrected chi connectivity index (χ0v) is 14.5. The van der Waals surface area contributed by atoms with Crippen LogP contribution >= 0.6 is 22.6 Å². The van der Waals surface area contributed by atoms with E-state index in [1.54, 1.807) is 0 Å². The topological polar surface area (TPSA) is 0 Å². The zero-order chi connectivity index (χ0) is 15.9. The summed E-state index contributed by atoms with van der Waals surface area (Å²) >= 11 is 2.31. The lowest BCUT2D eigenvalue weighted by atomic mass is 10.1. The van der Waals surface area contributed by atoms with Crippen molar-refractivity contribution in [2.24, 2.45) is 0 Å². The molecule has 0 aromatic heterocycles. The molecule has 23 heavy (non-hydrogen) atoms. The molecule has 0 amide bonds. The minimum absolute atomic E-state index is 0.954. The summed E-state index contributed by atoms with van der Waals surface area (Å²) < 4.78 is 1.16. The Morgan fingerprint density at radius 2 is 0.957 bits per heavy atom. The molecular weight excluding hydrogens is 391 g/mol. The molecule has 0 nitrogen and oxygen atoms in total. The molecule has 0 N–H and O–H groups in total. The van der Waals surface area contributed by atoms with Gasteiger partial charge in [-0.3, -0.25) is 0 Å². The van der Waals surface area contributed by atoms with E-state index in [0.29, 0.717) is 0 Å². The van der Waals surface area contributed by atoms with E-state index in [0.717, 1.165) is 25.8 Å². The predicted molar refractivity (Wildman–Crippen MR) is 104 cm³/mol. The maximum Gasteiger partial charge on any atom is 0.0405 e. The normalized spacial score (nSPS) is 9.26. The Bertz CT molecular complexity index is 932. The van der Waals surface area contributed by atoms with E-state index in [1.807, 2.05) is 72.8 Å². The Morgan fingerprint density at radius 3 is 1.61 bits per heavy atom. The lowest BCUT2D eigenvalue weighted by Gasteiger charge is -1.96. The second-order valence-corrected chi connectivity index (χ2v) is 6.05. The number of hydrogen-bond acceptors (Lipinski definition) is 0. The van der Waals surface area contributed by atoms with Gasteiger partial charge in [0.15, 0.2) is 0 Å². The first-order valence-corrected chi connectivity index (χ1v) is 8.33. The van der Waals surface area contributed by atoms with Gasteiger partial charge in [0.25, 0.3) is 0 Å². The first-order valence-electron chi connectivity index (χ1n) is 7.25. The van der Waals surface area contributed by atoms with Crippen LogP contribution in [0.1, 0.15) is 22.3 Å². The fourth-order valence-corrected chi connectivity index (χ4v) is 2.58. The van der Waals surface area contributed by atoms with Gasteiger partial charge in [0.1, 0.15) is 0 Å². The summed E-state index contributed by atoms with van der Waals surface area (Å²) in [5, 5.41) is 0. The van der Waals surface area contributed by atoms with Crippen LogP contribution < -0.4 is 0 Å². The maximum absolute atomic E-state index is 3.25. The molecule has 0 fully saturated rings. The van der Waals surface area contributed by atoms with Crippen LogP contribution in [0.5, 0.6) is 0 Å². The van der Waals surface area contributed by atoms with E-state index >= 15 is 0 Å². The highest BCUT2D eigenvalue weighted by molar-refractivity contribution is 14.1. The SMILES string of the molecule is Ic1ccccc1C#Cc1ccccc1C#Cc1ccccc1. The summed E-state index contributed by atoms with van der Waals surface area (Å²) in [6.07, 6.45) is 0. The Balaban J connectivity index is 1.94. The van der Waals surface area contributed by atoms with Gasteiger partial charge in [0, 0.05) is 25.8 Å². The largest absolute Gasteiger partial charge is 0.0622 e. The van der Waals surface area contributed by atoms with Crippen molar-refractivity contribution in [2.75, 3.05) is 0 Å². The summed E-state index contributed by atoms with van der Waals surface area (Å²) in [6.45, 7) is 0. The van der Waals surface area contributed by atoms with Crippen molar-refractivity contribution in [3.8, 4) is 23.7 Å². The molecule has 0 saturated carbocycles. The number of hydrogen-bond donors (Lipinski definition) is 0. The number of halogens is 1. The molecule has 0 aliphatic heterocycles. The quantitative estimate of drug-likeness (QED) is 0.362. The molecule has 0 spiro atoms. The average molecular weight is 404 g/mol. The van der Waals surface area contributed by atoms with Crippen molar-refractivity contribution >= 4 is 22.6 Å². The first kappa shape index (κ1) is 15.4. The molecule has 0 bridgehead atoms. The van der Waals surface area contributed by atoms with E-state index in [1.165, 1.54) is 0 Å². The highest BCUT2D eigenvalue weighted by atomic mass is 127. The third kappa shape index (κ3) is 4.25. The fraction of sp³-hybridized carbons (Fsp3) is 0. The van der Waals surface area contributed by atoms with Crippen LogP contribution in [0, 0.1) is 27.3 Å². The second kappa shape index (κ2) is 7.68. The summed E-state index contributed by atoms with van der Waals surface area (Å²) in [5.41, 5.74) is 3.96. The van der Waals surface area contributed by atoms with E-state index in [9.17, 15) is 0 Å². The van der Waals surface area contributed by atoms with E-state index in [-0.39, 0.29) is 0 Å². The lowest BCUT2D eigenvalue weighted by molar-refractivity contribution is 1.56. The molecule has 0 radical (unpaired) electrons. The van der Waals surface area contributed by atoms with Gasteiger partial charge >= 0.3 is 0 Å². The van der Waals surface area contributed by atoms with Gasteiger partial charge in [-0.05, 0) is 59.0 Å². The van der Waals surface area contributed by atoms with Crippen LogP contribution in [0.3, 0.4) is 0 Å². The van der Waals surface area contributed by atoms with Crippen molar-refractivity contribution in [2.45, 2.75) is 0 Å². The van der Waals surface area contributed by atoms with E-state index < -0.39 is 0 Å². The summed E-state index contributed by atoms with van der Waals surface area (Å²) in [6, 6.07) is 26.1. The molecule has 108 valence electrons. The fourth-order valence-electron chi connectivity index (χ4n) is 2.06. The van der Waals surface area contributed by atoms with Gasteiger partial charge in [0.2, 0.25) is 0 Å². The first-order chi connectivity index (χ1) is 11.3. The van der Waals surface area contributed by atoms with Crippen LogP contribution in [0.4, 0.5) is 0 Å². The van der Waals surface area contributed by atoms with Gasteiger partial charge in [-0.1, -0.05) is 66.1 Å². The molecule has 0 aliphatic carbocycles. The lowest BCUT2D eigenvalue weighted by Crippen LogP contribution is -1.84. The molecular formula is C22H13I. The molecule has 0 heterocycles. The highest BCUT2D eigenvalue weighted by Gasteiger charge is 1.96. The number of benzene rings is 3. The van der Waals surface area contributed by atoms with Crippen LogP contribution in [0.15, 0.2) is 78.9 Å². The standard InChI is InChI=1S/C22H13I/c23-22-13-7-6-12-21(22)17-16-20-11-5-4-10-19(20)15-14-18-8-2-1-3-9-18/h1-13H. The molecule has 0 aliphatic rings. The third-order valence-electron chi connectivity index (χ3n) is 3.25. The minimum Gasteiger partial charge on any atom is -0.0622 e. The number of rotatable bonds is 0. The van der Waals surface area contributed by atoms with Crippen LogP contribution in [0.2, 0.25) is 0 Å². The zero-order valence-electron chi connectivity index (χ0n) is 12.4. The van der Waals surface area contributed by atoms with Crippen molar-refractivity contribution < 1.29 is 0 Å². The average Bonchev–Trinajstić information content (AvgIpc) is 2.61. The smallest absolute Gasteiger partial charge is 0.0405 e. The Kier molecular flexibility index (Phi) is 5.14. The predicted octanol–water partition coefficient (Wildman–Crippen LogP) is 5.09. The third-order valence-corrected chi connectivity index (χ3v) is 4.19. The molecule has 0 saturated heterocycles. The van der Waals surface area contributed by atoms with Crippen molar-refractivity contribution in [1.29, 1.82) is 0 Å². The Morgan fingerprint density at radius 1 is 0.478 bits per heavy atom. The van der Waals surface area contributed by atoms with Crippen molar-refractivity contribution in [3.63, 3.8) is 0 Å². The minimum atomic E-state index is 0.954. The molecule has 3 rings (SSSR count). The van der Waals surface area contributed by atoms with E-state index in [4.69, 9.17) is 0 Å². The van der Waals surface area contributed by atoms with Gasteiger partial charge in [0.05, 0.1) is 0 Å². The van der Waals surface area contributed by atoms with Crippen LogP contribution in [-0.4, -0.2) is 0 Å². The molecule has 1 heteroatoms. The molecule has 0 atom stereocenters. The van der Waals surface area contributed by atoms with Gasteiger partial charge in [-0.25, -0.2) is 0 Å². The molecule has 3 aromatic rings. The summed E-state index contributed by atoms with van der Waals surface area (Å²) in [7, 11) is 0. The van der Waals surface area contributed by atoms with Gasteiger partial charge < -0.3 is 0 Å². The molecule has 3 aromatic carbocycles. The van der Waals surface area contributed by atoms with Gasteiger partial charge in [-0.15, -0.1) is 0 Å². The Labute approximate surface area is 150 Å². The van der Waals surface area contributed by atoms with Crippen LogP contribution in [-0.2, 0) is 0 Å². The second-order valence-electron chi connectivity index (χ2n) is 4.89. The van der Waals surface area contributed by atoms with E-state index in [2.05, 4.69) is 52.3 Å². The molecule has 0 unspecified atom stereocenters. The van der Waals surface area contributed by atoms with Crippen molar-refractivity contribution in [1.82, 2.24) is 0 Å². The van der Waals surface area contributed by atoms with Crippen LogP contribution in [0.25, 0.3) is 0 Å². The monoisotopic (exact) mass is 404 g/mol. The summed E-state index contributed by atoms with van der Waals surface area (Å²) in [5.74, 6) is 12.9.